The normalized spacial score (nSPS) is 19.4. The highest BCUT2D eigenvalue weighted by Crippen LogP contribution is 2.32. The van der Waals surface area contributed by atoms with Crippen LogP contribution < -0.4 is 20.1 Å². The molecule has 1 aromatic rings. The molecule has 0 aromatic heterocycles. The number of benzene rings is 1. The lowest BCUT2D eigenvalue weighted by Crippen LogP contribution is -2.50. The lowest BCUT2D eigenvalue weighted by Gasteiger charge is -2.24. The minimum Gasteiger partial charge on any atom is -0.454 e. The number of carbonyl (C=O) groups excluding carboxylic acids is 2. The molecule has 0 bridgehead atoms. The molecule has 0 unspecified atom stereocenters. The van der Waals surface area contributed by atoms with Crippen LogP contribution in [0.25, 0.3) is 0 Å². The predicted molar refractivity (Wildman–Crippen MR) is 87.8 cm³/mol. The summed E-state index contributed by atoms with van der Waals surface area (Å²) in [6.45, 7) is 3.83. The number of rotatable bonds is 4. The second-order valence-electron chi connectivity index (χ2n) is 5.99. The molecule has 2 aliphatic rings. The van der Waals surface area contributed by atoms with Gasteiger partial charge in [0.15, 0.2) is 11.5 Å². The second kappa shape index (κ2) is 7.42. The Morgan fingerprint density at radius 2 is 2.17 bits per heavy atom. The number of ether oxygens (including phenoxy) is 2. The van der Waals surface area contributed by atoms with Gasteiger partial charge in [0.05, 0.1) is 0 Å². The van der Waals surface area contributed by atoms with Gasteiger partial charge in [0.1, 0.15) is 6.04 Å². The first kappa shape index (κ1) is 16.4. The average molecular weight is 333 g/mol. The van der Waals surface area contributed by atoms with Crippen LogP contribution in [0, 0.1) is 0 Å². The van der Waals surface area contributed by atoms with Gasteiger partial charge in [0.2, 0.25) is 12.7 Å². The quantitative estimate of drug-likeness (QED) is 0.877. The number of urea groups is 1. The molecule has 0 radical (unpaired) electrons. The lowest BCUT2D eigenvalue weighted by molar-refractivity contribution is -0.122. The van der Waals surface area contributed by atoms with Gasteiger partial charge in [-0.25, -0.2) is 4.79 Å². The largest absolute Gasteiger partial charge is 0.454 e. The first-order chi connectivity index (χ1) is 11.7. The zero-order valence-corrected chi connectivity index (χ0v) is 13.8. The standard InChI is InChI=1S/C17H23N3O4/c1-2-20(10-12-6-7-14-15(9-12)24-11-23-14)17(22)19-13-5-3-4-8-18-16(13)21/h6-7,9,13H,2-5,8,10-11H2,1H3,(H,18,21)(H,19,22)/t13-/m1/s1. The summed E-state index contributed by atoms with van der Waals surface area (Å²) in [4.78, 5) is 26.2. The van der Waals surface area contributed by atoms with Crippen molar-refractivity contribution in [2.24, 2.45) is 0 Å². The third-order valence-corrected chi connectivity index (χ3v) is 4.31. The molecule has 24 heavy (non-hydrogen) atoms. The molecule has 1 atom stereocenters. The van der Waals surface area contributed by atoms with Crippen LogP contribution >= 0.6 is 0 Å². The van der Waals surface area contributed by atoms with Gasteiger partial charge in [-0.15, -0.1) is 0 Å². The van der Waals surface area contributed by atoms with E-state index in [9.17, 15) is 9.59 Å². The Kier molecular flexibility index (Phi) is 5.08. The Morgan fingerprint density at radius 1 is 1.33 bits per heavy atom. The predicted octanol–water partition coefficient (Wildman–Crippen LogP) is 1.62. The van der Waals surface area contributed by atoms with Crippen molar-refractivity contribution in [1.82, 2.24) is 15.5 Å². The minimum atomic E-state index is -0.453. The Hall–Kier alpha value is -2.44. The van der Waals surface area contributed by atoms with Crippen molar-refractivity contribution >= 4 is 11.9 Å². The average Bonchev–Trinajstić information content (AvgIpc) is 2.96. The van der Waals surface area contributed by atoms with E-state index in [1.807, 2.05) is 25.1 Å². The van der Waals surface area contributed by atoms with E-state index in [-0.39, 0.29) is 18.7 Å². The third kappa shape index (κ3) is 3.72. The van der Waals surface area contributed by atoms with Crippen molar-refractivity contribution < 1.29 is 19.1 Å². The summed E-state index contributed by atoms with van der Waals surface area (Å²) in [6, 6.07) is 4.98. The highest BCUT2D eigenvalue weighted by Gasteiger charge is 2.24. The molecule has 7 heteroatoms. The van der Waals surface area contributed by atoms with Crippen LogP contribution in [0.1, 0.15) is 31.7 Å². The minimum absolute atomic E-state index is 0.0972. The van der Waals surface area contributed by atoms with Crippen LogP contribution in [0.2, 0.25) is 0 Å². The van der Waals surface area contributed by atoms with Gasteiger partial charge in [-0.3, -0.25) is 4.79 Å². The van der Waals surface area contributed by atoms with Gasteiger partial charge < -0.3 is 25.0 Å². The maximum atomic E-state index is 12.5. The number of carbonyl (C=O) groups is 2. The van der Waals surface area contributed by atoms with E-state index in [0.29, 0.717) is 31.8 Å². The van der Waals surface area contributed by atoms with Crippen LogP contribution in [0.4, 0.5) is 4.79 Å². The van der Waals surface area contributed by atoms with E-state index in [0.717, 1.165) is 24.2 Å². The molecule has 2 N–H and O–H groups in total. The summed E-state index contributed by atoms with van der Waals surface area (Å²) < 4.78 is 10.7. The second-order valence-corrected chi connectivity index (χ2v) is 5.99. The van der Waals surface area contributed by atoms with Crippen molar-refractivity contribution in [3.05, 3.63) is 23.8 Å². The van der Waals surface area contributed by atoms with Crippen LogP contribution in [0.3, 0.4) is 0 Å². The van der Waals surface area contributed by atoms with E-state index in [4.69, 9.17) is 9.47 Å². The first-order valence-electron chi connectivity index (χ1n) is 8.39. The Labute approximate surface area is 141 Å². The molecule has 2 aliphatic heterocycles. The molecule has 130 valence electrons. The van der Waals surface area contributed by atoms with Gasteiger partial charge >= 0.3 is 6.03 Å². The van der Waals surface area contributed by atoms with Crippen molar-refractivity contribution in [1.29, 1.82) is 0 Å². The van der Waals surface area contributed by atoms with Gasteiger partial charge in [-0.2, -0.15) is 0 Å². The molecule has 0 saturated carbocycles. The molecule has 3 rings (SSSR count). The van der Waals surface area contributed by atoms with E-state index >= 15 is 0 Å². The maximum Gasteiger partial charge on any atom is 0.318 e. The first-order valence-corrected chi connectivity index (χ1v) is 8.39. The number of fused-ring (bicyclic) bond motifs is 1. The third-order valence-electron chi connectivity index (χ3n) is 4.31. The molecule has 7 nitrogen and oxygen atoms in total. The molecule has 0 aliphatic carbocycles. The number of amides is 3. The molecule has 0 spiro atoms. The van der Waals surface area contributed by atoms with E-state index in [1.54, 1.807) is 4.90 Å². The van der Waals surface area contributed by atoms with Crippen LogP contribution in [0.5, 0.6) is 11.5 Å². The number of hydrogen-bond acceptors (Lipinski definition) is 4. The van der Waals surface area contributed by atoms with Crippen LogP contribution in [-0.4, -0.2) is 42.8 Å². The molecular weight excluding hydrogens is 310 g/mol. The number of nitrogens with zero attached hydrogens (tertiary/aromatic N) is 1. The molecular formula is C17H23N3O4. The van der Waals surface area contributed by atoms with Crippen LogP contribution in [0.15, 0.2) is 18.2 Å². The summed E-state index contributed by atoms with van der Waals surface area (Å²) in [5.74, 6) is 1.33. The zero-order valence-electron chi connectivity index (χ0n) is 13.8. The van der Waals surface area contributed by atoms with Crippen molar-refractivity contribution in [2.75, 3.05) is 19.9 Å². The molecule has 1 aromatic carbocycles. The number of nitrogens with one attached hydrogen (secondary N) is 2. The van der Waals surface area contributed by atoms with E-state index in [1.165, 1.54) is 0 Å². The highest BCUT2D eigenvalue weighted by atomic mass is 16.7. The topological polar surface area (TPSA) is 79.9 Å². The molecule has 3 amide bonds. The van der Waals surface area contributed by atoms with Gasteiger partial charge in [-0.1, -0.05) is 6.07 Å². The lowest BCUT2D eigenvalue weighted by atomic mass is 10.1. The fourth-order valence-electron chi connectivity index (χ4n) is 2.90. The smallest absolute Gasteiger partial charge is 0.318 e. The van der Waals surface area contributed by atoms with Crippen molar-refractivity contribution in [3.8, 4) is 11.5 Å². The highest BCUT2D eigenvalue weighted by molar-refractivity contribution is 5.87. The summed E-state index contributed by atoms with van der Waals surface area (Å²) >= 11 is 0. The summed E-state index contributed by atoms with van der Waals surface area (Å²) in [5, 5.41) is 5.68. The van der Waals surface area contributed by atoms with E-state index < -0.39 is 6.04 Å². The van der Waals surface area contributed by atoms with Crippen molar-refractivity contribution in [3.63, 3.8) is 0 Å². The summed E-state index contributed by atoms with van der Waals surface area (Å²) in [5.41, 5.74) is 0.960. The van der Waals surface area contributed by atoms with Gasteiger partial charge in [0.25, 0.3) is 0 Å². The summed E-state index contributed by atoms with van der Waals surface area (Å²) in [7, 11) is 0. The van der Waals surface area contributed by atoms with E-state index in [2.05, 4.69) is 10.6 Å². The summed E-state index contributed by atoms with van der Waals surface area (Å²) in [6.07, 6.45) is 2.56. The fraction of sp³-hybridized carbons (Fsp3) is 0.529. The number of hydrogen-bond donors (Lipinski definition) is 2. The molecule has 1 saturated heterocycles. The Balaban J connectivity index is 1.62. The SMILES string of the molecule is CCN(Cc1ccc2c(c1)OCO2)C(=O)N[C@@H]1CCCCNC1=O. The Bertz CT molecular complexity index is 620. The molecule has 2 heterocycles. The zero-order chi connectivity index (χ0) is 16.9. The van der Waals surface area contributed by atoms with Gasteiger partial charge in [-0.05, 0) is 43.9 Å². The fourth-order valence-corrected chi connectivity index (χ4v) is 2.90. The maximum absolute atomic E-state index is 12.5. The monoisotopic (exact) mass is 333 g/mol. The Morgan fingerprint density at radius 3 is 3.00 bits per heavy atom. The van der Waals surface area contributed by atoms with Crippen LogP contribution in [-0.2, 0) is 11.3 Å². The van der Waals surface area contributed by atoms with Gasteiger partial charge in [0, 0.05) is 19.6 Å². The van der Waals surface area contributed by atoms with Crippen molar-refractivity contribution in [2.45, 2.75) is 38.8 Å². The molecule has 1 fully saturated rings.